The Kier molecular flexibility index (Phi) is 7.45. The van der Waals surface area contributed by atoms with Crippen molar-refractivity contribution in [3.05, 3.63) is 69.8 Å². The van der Waals surface area contributed by atoms with Crippen LogP contribution in [0.4, 0.5) is 16.2 Å². The highest BCUT2D eigenvalue weighted by molar-refractivity contribution is 6.01. The lowest BCUT2D eigenvalue weighted by atomic mass is 10.1. The molecule has 0 radical (unpaired) electrons. The Hall–Kier alpha value is -3.95. The van der Waals surface area contributed by atoms with Gasteiger partial charge < -0.3 is 15.0 Å². The van der Waals surface area contributed by atoms with E-state index in [-0.39, 0.29) is 11.3 Å². The van der Waals surface area contributed by atoms with E-state index in [0.29, 0.717) is 17.8 Å². The van der Waals surface area contributed by atoms with Crippen LogP contribution in [0.3, 0.4) is 0 Å². The maximum absolute atomic E-state index is 12.9. The molecule has 2 aromatic carbocycles. The summed E-state index contributed by atoms with van der Waals surface area (Å²) in [5.74, 6) is -1.79. The lowest BCUT2D eigenvalue weighted by Gasteiger charge is -2.20. The minimum absolute atomic E-state index is 0.0825. The number of nitrogens with zero attached hydrogens (tertiary/aromatic N) is 2. The molecule has 0 spiro atoms. The molecule has 0 heterocycles. The van der Waals surface area contributed by atoms with Crippen LogP contribution in [0.25, 0.3) is 0 Å². The monoisotopic (exact) mass is 414 g/mol. The van der Waals surface area contributed by atoms with E-state index in [1.807, 2.05) is 0 Å². The summed E-state index contributed by atoms with van der Waals surface area (Å²) in [5.41, 5.74) is 0.336. The van der Waals surface area contributed by atoms with Gasteiger partial charge in [0.1, 0.15) is 0 Å². The molecule has 0 fully saturated rings. The molecular weight excluding hydrogens is 392 g/mol. The number of urea groups is 1. The van der Waals surface area contributed by atoms with E-state index in [0.717, 1.165) is 6.07 Å². The normalized spacial score (nSPS) is 11.2. The molecule has 158 valence electrons. The standard InChI is InChI=1S/C20H22N4O6/c1-4-21-20(27)22-18(25)17(13-8-6-5-7-9-13)30-19(26)15-12-14(24(28)29)10-11-16(15)23(2)3/h5-12,17H,4H2,1-3H3,(H2,21,22,25,27)/t17-/m1/s1. The summed E-state index contributed by atoms with van der Waals surface area (Å²) >= 11 is 0. The summed E-state index contributed by atoms with van der Waals surface area (Å²) in [4.78, 5) is 49.3. The van der Waals surface area contributed by atoms with Crippen molar-refractivity contribution >= 4 is 29.3 Å². The van der Waals surface area contributed by atoms with Crippen molar-refractivity contribution < 1.29 is 24.0 Å². The fraction of sp³-hybridized carbons (Fsp3) is 0.250. The van der Waals surface area contributed by atoms with Crippen LogP contribution in [-0.2, 0) is 9.53 Å². The molecule has 10 nitrogen and oxygen atoms in total. The molecule has 0 aliphatic rings. The van der Waals surface area contributed by atoms with Crippen molar-refractivity contribution in [1.82, 2.24) is 10.6 Å². The Morgan fingerprint density at radius 3 is 2.37 bits per heavy atom. The summed E-state index contributed by atoms with van der Waals surface area (Å²) in [6.45, 7) is 1.98. The van der Waals surface area contributed by atoms with Gasteiger partial charge in [0.15, 0.2) is 0 Å². The number of imide groups is 1. The molecule has 0 bridgehead atoms. The first-order chi connectivity index (χ1) is 14.2. The maximum Gasteiger partial charge on any atom is 0.341 e. The highest BCUT2D eigenvalue weighted by atomic mass is 16.6. The Balaban J connectivity index is 2.39. The van der Waals surface area contributed by atoms with Gasteiger partial charge in [-0.05, 0) is 13.0 Å². The number of non-ortho nitro benzene ring substituents is 1. The van der Waals surface area contributed by atoms with Crippen LogP contribution < -0.4 is 15.5 Å². The number of ether oxygens (including phenoxy) is 1. The van der Waals surface area contributed by atoms with Gasteiger partial charge in [0, 0.05) is 38.3 Å². The number of nitrogens with one attached hydrogen (secondary N) is 2. The molecule has 0 unspecified atom stereocenters. The van der Waals surface area contributed by atoms with Gasteiger partial charge in [-0.1, -0.05) is 30.3 Å². The van der Waals surface area contributed by atoms with Crippen molar-refractivity contribution in [2.24, 2.45) is 0 Å². The molecule has 2 rings (SSSR count). The minimum atomic E-state index is -1.43. The van der Waals surface area contributed by atoms with Gasteiger partial charge in [-0.2, -0.15) is 0 Å². The third kappa shape index (κ3) is 5.53. The second kappa shape index (κ2) is 10.0. The van der Waals surface area contributed by atoms with Crippen LogP contribution in [0.5, 0.6) is 0 Å². The van der Waals surface area contributed by atoms with E-state index < -0.39 is 28.9 Å². The molecule has 0 saturated heterocycles. The first kappa shape index (κ1) is 22.3. The van der Waals surface area contributed by atoms with Gasteiger partial charge in [0.2, 0.25) is 6.10 Å². The number of carbonyl (C=O) groups excluding carboxylic acids is 3. The highest BCUT2D eigenvalue weighted by Gasteiger charge is 2.29. The number of benzene rings is 2. The van der Waals surface area contributed by atoms with Crippen molar-refractivity contribution in [1.29, 1.82) is 0 Å². The molecule has 2 N–H and O–H groups in total. The van der Waals surface area contributed by atoms with E-state index in [2.05, 4.69) is 10.6 Å². The average Bonchev–Trinajstić information content (AvgIpc) is 2.71. The average molecular weight is 414 g/mol. The van der Waals surface area contributed by atoms with Gasteiger partial charge in [-0.15, -0.1) is 0 Å². The van der Waals surface area contributed by atoms with E-state index >= 15 is 0 Å². The Bertz CT molecular complexity index is 946. The zero-order valence-corrected chi connectivity index (χ0v) is 16.7. The number of anilines is 1. The van der Waals surface area contributed by atoms with Gasteiger partial charge >= 0.3 is 12.0 Å². The molecule has 30 heavy (non-hydrogen) atoms. The second-order valence-corrected chi connectivity index (χ2v) is 6.40. The number of hydrogen-bond donors (Lipinski definition) is 2. The van der Waals surface area contributed by atoms with Gasteiger partial charge in [-0.3, -0.25) is 20.2 Å². The molecule has 3 amide bonds. The van der Waals surface area contributed by atoms with E-state index in [4.69, 9.17) is 4.74 Å². The fourth-order valence-corrected chi connectivity index (χ4v) is 2.64. The van der Waals surface area contributed by atoms with Crippen molar-refractivity contribution in [2.45, 2.75) is 13.0 Å². The van der Waals surface area contributed by atoms with Crippen LogP contribution in [0.15, 0.2) is 48.5 Å². The fourth-order valence-electron chi connectivity index (χ4n) is 2.64. The van der Waals surface area contributed by atoms with Crippen LogP contribution in [0.2, 0.25) is 0 Å². The predicted octanol–water partition coefficient (Wildman–Crippen LogP) is 2.40. The van der Waals surface area contributed by atoms with Gasteiger partial charge in [0.25, 0.3) is 11.6 Å². The van der Waals surface area contributed by atoms with Gasteiger partial charge in [-0.25, -0.2) is 9.59 Å². The third-order valence-electron chi connectivity index (χ3n) is 4.03. The smallest absolute Gasteiger partial charge is 0.341 e. The lowest BCUT2D eigenvalue weighted by Crippen LogP contribution is -2.42. The Morgan fingerprint density at radius 2 is 1.80 bits per heavy atom. The summed E-state index contributed by atoms with van der Waals surface area (Å²) in [6.07, 6.45) is -1.43. The molecule has 10 heteroatoms. The molecular formula is C20H22N4O6. The van der Waals surface area contributed by atoms with E-state index in [1.165, 1.54) is 12.1 Å². The third-order valence-corrected chi connectivity index (χ3v) is 4.03. The molecule has 0 saturated carbocycles. The maximum atomic E-state index is 12.9. The van der Waals surface area contributed by atoms with Crippen molar-refractivity contribution in [3.63, 3.8) is 0 Å². The van der Waals surface area contributed by atoms with Crippen molar-refractivity contribution in [2.75, 3.05) is 25.5 Å². The summed E-state index contributed by atoms with van der Waals surface area (Å²) < 4.78 is 5.41. The van der Waals surface area contributed by atoms with E-state index in [1.54, 1.807) is 56.3 Å². The predicted molar refractivity (Wildman–Crippen MR) is 109 cm³/mol. The number of nitro groups is 1. The Labute approximate surface area is 173 Å². The molecule has 1 atom stereocenters. The molecule has 0 aromatic heterocycles. The topological polar surface area (TPSA) is 131 Å². The van der Waals surface area contributed by atoms with E-state index in [9.17, 15) is 24.5 Å². The lowest BCUT2D eigenvalue weighted by molar-refractivity contribution is -0.384. The number of carbonyl (C=O) groups is 3. The van der Waals surface area contributed by atoms with Crippen molar-refractivity contribution in [3.8, 4) is 0 Å². The number of hydrogen-bond acceptors (Lipinski definition) is 7. The second-order valence-electron chi connectivity index (χ2n) is 6.40. The summed E-state index contributed by atoms with van der Waals surface area (Å²) in [6, 6.07) is 11.2. The van der Waals surface area contributed by atoms with Crippen LogP contribution in [0.1, 0.15) is 28.9 Å². The zero-order chi connectivity index (χ0) is 22.3. The summed E-state index contributed by atoms with van der Waals surface area (Å²) in [5, 5.41) is 15.7. The van der Waals surface area contributed by atoms with Crippen LogP contribution in [-0.4, -0.2) is 43.5 Å². The van der Waals surface area contributed by atoms with Gasteiger partial charge in [0.05, 0.1) is 16.2 Å². The largest absolute Gasteiger partial charge is 0.444 e. The first-order valence-corrected chi connectivity index (χ1v) is 9.05. The molecule has 2 aromatic rings. The zero-order valence-electron chi connectivity index (χ0n) is 16.7. The number of nitro benzene ring substituents is 1. The SMILES string of the molecule is CCNC(=O)NC(=O)[C@H](OC(=O)c1cc([N+](=O)[O-])ccc1N(C)C)c1ccccc1. The first-order valence-electron chi connectivity index (χ1n) is 9.05. The quantitative estimate of drug-likeness (QED) is 0.404. The molecule has 0 aliphatic carbocycles. The highest BCUT2D eigenvalue weighted by Crippen LogP contribution is 2.27. The van der Waals surface area contributed by atoms with Crippen LogP contribution >= 0.6 is 0 Å². The minimum Gasteiger partial charge on any atom is -0.444 e. The Morgan fingerprint density at radius 1 is 1.13 bits per heavy atom. The summed E-state index contributed by atoms with van der Waals surface area (Å²) in [7, 11) is 3.32. The number of amides is 3. The van der Waals surface area contributed by atoms with Crippen LogP contribution in [0, 0.1) is 10.1 Å². The number of rotatable bonds is 7. The molecule has 0 aliphatic heterocycles. The number of esters is 1.